The molecular weight excluding hydrogens is 449 g/mol. The minimum atomic E-state index is -2.31. The van der Waals surface area contributed by atoms with Crippen molar-refractivity contribution >= 4 is 27.8 Å². The predicted molar refractivity (Wildman–Crippen MR) is 119 cm³/mol. The Balaban J connectivity index is 2.21. The molecule has 0 aliphatic carbocycles. The number of carboxylic acids is 1. The molecule has 0 spiro atoms. The fourth-order valence-electron chi connectivity index (χ4n) is 4.39. The van der Waals surface area contributed by atoms with Crippen LogP contribution in [0.15, 0.2) is 30.5 Å². The van der Waals surface area contributed by atoms with Crippen LogP contribution >= 0.6 is 0 Å². The first-order chi connectivity index (χ1) is 16.1. The third-order valence-electron chi connectivity index (χ3n) is 5.91. The topological polar surface area (TPSA) is 104 Å². The number of nitriles is 1. The fourth-order valence-corrected chi connectivity index (χ4v) is 4.39. The van der Waals surface area contributed by atoms with Gasteiger partial charge >= 0.3 is 5.97 Å². The van der Waals surface area contributed by atoms with E-state index in [9.17, 15) is 23.9 Å². The molecule has 0 saturated heterocycles. The van der Waals surface area contributed by atoms with Crippen LogP contribution in [0.25, 0.3) is 27.5 Å². The van der Waals surface area contributed by atoms with Crippen molar-refractivity contribution in [2.45, 2.75) is 38.3 Å². The number of hydrogen-bond acceptors (Lipinski definition) is 4. The number of hydrogen-bond donors (Lipinski definition) is 2. The van der Waals surface area contributed by atoms with E-state index in [2.05, 4.69) is 16.3 Å². The van der Waals surface area contributed by atoms with Crippen LogP contribution in [0.5, 0.6) is 5.75 Å². The van der Waals surface area contributed by atoms with Crippen molar-refractivity contribution in [1.82, 2.24) is 14.8 Å². The first-order valence-corrected chi connectivity index (χ1v) is 10.4. The van der Waals surface area contributed by atoms with Crippen molar-refractivity contribution in [3.05, 3.63) is 53.4 Å². The van der Waals surface area contributed by atoms with Crippen LogP contribution in [0.4, 0.5) is 13.2 Å². The molecule has 4 rings (SSSR count). The molecule has 0 amide bonds. The highest BCUT2D eigenvalue weighted by molar-refractivity contribution is 6.00. The molecule has 0 radical (unpaired) electrons. The number of methoxy groups -OCH3 is 1. The molecular formula is C24H21F3N4O3. The highest BCUT2D eigenvalue weighted by Gasteiger charge is 2.35. The maximum Gasteiger partial charge on any atom is 0.338 e. The number of ether oxygens (including phenoxy) is 1. The Hall–Kier alpha value is -4.00. The second-order valence-electron chi connectivity index (χ2n) is 8.63. The normalized spacial score (nSPS) is 12.7. The van der Waals surface area contributed by atoms with E-state index in [0.717, 1.165) is 0 Å². The van der Waals surface area contributed by atoms with E-state index in [0.29, 0.717) is 22.3 Å². The molecule has 2 aromatic heterocycles. The van der Waals surface area contributed by atoms with Gasteiger partial charge < -0.3 is 14.4 Å². The van der Waals surface area contributed by atoms with Crippen LogP contribution < -0.4 is 4.74 Å². The molecule has 0 aliphatic rings. The lowest BCUT2D eigenvalue weighted by molar-refractivity contribution is -0.142. The second kappa shape index (κ2) is 8.41. The van der Waals surface area contributed by atoms with Crippen LogP contribution in [0.3, 0.4) is 0 Å². The summed E-state index contributed by atoms with van der Waals surface area (Å²) in [6.45, 7) is 3.45. The van der Waals surface area contributed by atoms with Gasteiger partial charge in [-0.05, 0) is 23.8 Å². The minimum absolute atomic E-state index is 0.00459. The van der Waals surface area contributed by atoms with E-state index in [4.69, 9.17) is 4.74 Å². The summed E-state index contributed by atoms with van der Waals surface area (Å²) >= 11 is 0. The predicted octanol–water partition coefficient (Wildman–Crippen LogP) is 4.95. The average molecular weight is 470 g/mol. The number of carboxylic acid groups (broad SMARTS) is 1. The molecule has 2 aromatic carbocycles. The van der Waals surface area contributed by atoms with Gasteiger partial charge in [-0.2, -0.15) is 10.4 Å². The summed E-state index contributed by atoms with van der Waals surface area (Å²) in [5.74, 6) is -3.08. The van der Waals surface area contributed by atoms with Crippen LogP contribution in [-0.2, 0) is 16.6 Å². The van der Waals surface area contributed by atoms with Crippen molar-refractivity contribution < 1.29 is 27.8 Å². The molecule has 34 heavy (non-hydrogen) atoms. The van der Waals surface area contributed by atoms with Crippen LogP contribution in [0.2, 0.25) is 0 Å². The Morgan fingerprint density at radius 1 is 1.35 bits per heavy atom. The van der Waals surface area contributed by atoms with Gasteiger partial charge in [0.05, 0.1) is 24.9 Å². The monoisotopic (exact) mass is 470 g/mol. The van der Waals surface area contributed by atoms with E-state index in [1.165, 1.54) is 31.5 Å². The number of nitrogens with one attached hydrogen (secondary N) is 1. The lowest BCUT2D eigenvalue weighted by Gasteiger charge is -2.27. The largest absolute Gasteiger partial charge is 0.494 e. The van der Waals surface area contributed by atoms with E-state index in [-0.39, 0.29) is 28.6 Å². The zero-order valence-electron chi connectivity index (χ0n) is 18.6. The molecule has 10 heteroatoms. The van der Waals surface area contributed by atoms with Gasteiger partial charge in [-0.25, -0.2) is 18.0 Å². The van der Waals surface area contributed by atoms with Crippen LogP contribution in [-0.4, -0.2) is 39.1 Å². The van der Waals surface area contributed by atoms with Crippen LogP contribution in [0.1, 0.15) is 31.5 Å². The smallest absolute Gasteiger partial charge is 0.338 e. The SMILES string of the molecule is COc1cc(-n2c(C(C)(C)CC#N)c(C[C@@H](F)C(=O)O)c3c(F)c4[nH]ncc4cc32)ccc1F. The highest BCUT2D eigenvalue weighted by Crippen LogP contribution is 2.42. The van der Waals surface area contributed by atoms with Gasteiger partial charge in [-0.15, -0.1) is 0 Å². The summed E-state index contributed by atoms with van der Waals surface area (Å²) in [7, 11) is 1.30. The molecule has 0 saturated carbocycles. The van der Waals surface area contributed by atoms with Gasteiger partial charge in [0.15, 0.2) is 17.4 Å². The summed E-state index contributed by atoms with van der Waals surface area (Å²) in [6, 6.07) is 7.77. The average Bonchev–Trinajstić information content (AvgIpc) is 3.38. The van der Waals surface area contributed by atoms with E-state index in [1.807, 2.05) is 0 Å². The Labute approximate surface area is 192 Å². The summed E-state index contributed by atoms with van der Waals surface area (Å²) in [5, 5.41) is 25.6. The first-order valence-electron chi connectivity index (χ1n) is 10.4. The van der Waals surface area contributed by atoms with Gasteiger partial charge in [0.1, 0.15) is 5.52 Å². The lowest BCUT2D eigenvalue weighted by Crippen LogP contribution is -2.25. The molecule has 176 valence electrons. The maximum atomic E-state index is 15.8. The van der Waals surface area contributed by atoms with Gasteiger partial charge in [0, 0.05) is 46.5 Å². The van der Waals surface area contributed by atoms with E-state index >= 15 is 4.39 Å². The van der Waals surface area contributed by atoms with Gasteiger partial charge in [0.2, 0.25) is 6.17 Å². The number of benzene rings is 2. The molecule has 0 fully saturated rings. The number of H-pyrrole nitrogens is 1. The Bertz CT molecular complexity index is 1470. The van der Waals surface area contributed by atoms with Crippen molar-refractivity contribution in [2.75, 3.05) is 7.11 Å². The molecule has 1 atom stereocenters. The third-order valence-corrected chi connectivity index (χ3v) is 5.91. The highest BCUT2D eigenvalue weighted by atomic mass is 19.1. The number of halogens is 3. The number of alkyl halides is 1. The molecule has 0 aliphatic heterocycles. The zero-order valence-corrected chi connectivity index (χ0v) is 18.6. The number of rotatable bonds is 7. The molecule has 4 aromatic rings. The molecule has 7 nitrogen and oxygen atoms in total. The number of fused-ring (bicyclic) bond motifs is 2. The number of aromatic amines is 1. The third kappa shape index (κ3) is 3.63. The summed E-state index contributed by atoms with van der Waals surface area (Å²) in [6.07, 6.45) is -1.54. The first kappa shape index (κ1) is 23.2. The Morgan fingerprint density at radius 2 is 2.09 bits per heavy atom. The summed E-state index contributed by atoms with van der Waals surface area (Å²) in [4.78, 5) is 11.4. The minimum Gasteiger partial charge on any atom is -0.494 e. The Morgan fingerprint density at radius 3 is 2.74 bits per heavy atom. The molecule has 0 bridgehead atoms. The standard InChI is InChI=1S/C24H21F3N4O3/c1-24(2,6-7-28)22-14(10-16(26)23(32)33)19-17(8-12-11-29-30-21(12)20(19)27)31(22)13-4-5-15(25)18(9-13)34-3/h4-5,8-9,11,16H,6,10H2,1-3H3,(H,29,30)(H,32,33)/t16-/m1/s1. The maximum absolute atomic E-state index is 15.8. The van der Waals surface area contributed by atoms with Crippen molar-refractivity contribution in [3.63, 3.8) is 0 Å². The summed E-state index contributed by atoms with van der Waals surface area (Å²) < 4.78 is 51.3. The second-order valence-corrected chi connectivity index (χ2v) is 8.63. The number of aromatic nitrogens is 3. The number of nitrogens with zero attached hydrogens (tertiary/aromatic N) is 3. The van der Waals surface area contributed by atoms with Crippen LogP contribution in [0, 0.1) is 23.0 Å². The Kier molecular flexibility index (Phi) is 5.73. The zero-order chi connectivity index (χ0) is 24.8. The lowest BCUT2D eigenvalue weighted by atomic mass is 9.82. The summed E-state index contributed by atoms with van der Waals surface area (Å²) in [5.41, 5.74) is 0.264. The van der Waals surface area contributed by atoms with Crippen molar-refractivity contribution in [2.24, 2.45) is 0 Å². The quantitative estimate of drug-likeness (QED) is 0.398. The molecule has 2 heterocycles. The van der Waals surface area contributed by atoms with Gasteiger partial charge in [0.25, 0.3) is 0 Å². The van der Waals surface area contributed by atoms with Crippen molar-refractivity contribution in [3.8, 4) is 17.5 Å². The van der Waals surface area contributed by atoms with Gasteiger partial charge in [-0.1, -0.05) is 13.8 Å². The van der Waals surface area contributed by atoms with Crippen molar-refractivity contribution in [1.29, 1.82) is 5.26 Å². The van der Waals surface area contributed by atoms with E-state index in [1.54, 1.807) is 24.5 Å². The van der Waals surface area contributed by atoms with E-state index < -0.39 is 35.6 Å². The molecule has 0 unspecified atom stereocenters. The van der Waals surface area contributed by atoms with Gasteiger partial charge in [-0.3, -0.25) is 5.10 Å². The molecule has 2 N–H and O–H groups in total. The fraction of sp³-hybridized carbons (Fsp3) is 0.292. The number of carbonyl (C=O) groups is 1. The number of aliphatic carboxylic acids is 1.